The SMILES string of the molecule is O=C(CCCc1c(-c2ccc3ccccc3n2)[nH]c2ccccc12)Nc1nc2ccccc2s1. The van der Waals surface area contributed by atoms with Crippen molar-refractivity contribution in [3.05, 3.63) is 90.5 Å². The molecule has 0 aliphatic carbocycles. The van der Waals surface area contributed by atoms with Gasteiger partial charge in [0.15, 0.2) is 5.13 Å². The van der Waals surface area contributed by atoms with Crippen LogP contribution in [0.15, 0.2) is 84.9 Å². The molecule has 6 heteroatoms. The molecule has 5 nitrogen and oxygen atoms in total. The van der Waals surface area contributed by atoms with Crippen LogP contribution >= 0.6 is 11.3 Å². The second-order valence-corrected chi connectivity index (χ2v) is 9.33. The summed E-state index contributed by atoms with van der Waals surface area (Å²) in [6, 6.07) is 28.5. The molecule has 0 aliphatic rings. The molecule has 0 spiro atoms. The number of thiazole rings is 1. The van der Waals surface area contributed by atoms with E-state index in [1.165, 1.54) is 22.3 Å². The van der Waals surface area contributed by atoms with Gasteiger partial charge in [0.05, 0.1) is 27.1 Å². The summed E-state index contributed by atoms with van der Waals surface area (Å²) in [7, 11) is 0. The van der Waals surface area contributed by atoms with Crippen LogP contribution in [0.1, 0.15) is 18.4 Å². The van der Waals surface area contributed by atoms with Crippen LogP contribution in [0.25, 0.3) is 43.4 Å². The van der Waals surface area contributed by atoms with Gasteiger partial charge in [0, 0.05) is 22.7 Å². The number of aromatic nitrogens is 3. The molecule has 0 fully saturated rings. The van der Waals surface area contributed by atoms with E-state index >= 15 is 0 Å². The van der Waals surface area contributed by atoms with Gasteiger partial charge in [0.1, 0.15) is 0 Å². The van der Waals surface area contributed by atoms with Gasteiger partial charge in [0.2, 0.25) is 5.91 Å². The van der Waals surface area contributed by atoms with Gasteiger partial charge in [-0.3, -0.25) is 4.79 Å². The lowest BCUT2D eigenvalue weighted by molar-refractivity contribution is -0.116. The summed E-state index contributed by atoms with van der Waals surface area (Å²) >= 11 is 1.50. The molecule has 0 saturated carbocycles. The maximum atomic E-state index is 12.6. The number of H-pyrrole nitrogens is 1. The Balaban J connectivity index is 1.23. The monoisotopic (exact) mass is 462 g/mol. The highest BCUT2D eigenvalue weighted by Crippen LogP contribution is 2.32. The first-order chi connectivity index (χ1) is 16.7. The second kappa shape index (κ2) is 8.72. The van der Waals surface area contributed by atoms with Gasteiger partial charge in [-0.05, 0) is 48.7 Å². The fourth-order valence-electron chi connectivity index (χ4n) is 4.42. The van der Waals surface area contributed by atoms with Gasteiger partial charge >= 0.3 is 0 Å². The van der Waals surface area contributed by atoms with E-state index in [9.17, 15) is 4.79 Å². The first kappa shape index (κ1) is 20.6. The van der Waals surface area contributed by atoms with Crippen LogP contribution in [0.5, 0.6) is 0 Å². The summed E-state index contributed by atoms with van der Waals surface area (Å²) in [5.74, 6) is -0.00993. The molecule has 3 aromatic heterocycles. The minimum absolute atomic E-state index is 0.00993. The molecule has 2 N–H and O–H groups in total. The quantitative estimate of drug-likeness (QED) is 0.281. The fraction of sp³-hybridized carbons (Fsp3) is 0.107. The second-order valence-electron chi connectivity index (χ2n) is 8.30. The molecular weight excluding hydrogens is 440 g/mol. The molecule has 1 amide bonds. The molecule has 3 heterocycles. The zero-order chi connectivity index (χ0) is 22.9. The van der Waals surface area contributed by atoms with E-state index in [0.29, 0.717) is 11.6 Å². The van der Waals surface area contributed by atoms with Crippen LogP contribution < -0.4 is 5.32 Å². The molecular formula is C28H22N4OS. The average molecular weight is 463 g/mol. The van der Waals surface area contributed by atoms with Gasteiger partial charge in [-0.15, -0.1) is 0 Å². The largest absolute Gasteiger partial charge is 0.353 e. The zero-order valence-corrected chi connectivity index (χ0v) is 19.2. The number of benzene rings is 3. The Bertz CT molecular complexity index is 1620. The first-order valence-corrected chi connectivity index (χ1v) is 12.2. The predicted octanol–water partition coefficient (Wildman–Crippen LogP) is 6.95. The Hall–Kier alpha value is -4.03. The molecule has 0 saturated heterocycles. The summed E-state index contributed by atoms with van der Waals surface area (Å²) in [6.07, 6.45) is 1.94. The molecule has 3 aromatic carbocycles. The van der Waals surface area contributed by atoms with Gasteiger partial charge < -0.3 is 10.3 Å². The molecule has 34 heavy (non-hydrogen) atoms. The standard InChI is InChI=1S/C28H22N4OS/c33-26(32-28-31-23-13-5-6-14-25(23)34-28)15-7-10-20-19-9-2-4-12-22(19)30-27(20)24-17-16-18-8-1-3-11-21(18)29-24/h1-6,8-9,11-14,16-17,30H,7,10,15H2,(H,31,32,33). The minimum Gasteiger partial charge on any atom is -0.353 e. The summed E-state index contributed by atoms with van der Waals surface area (Å²) in [6.45, 7) is 0. The van der Waals surface area contributed by atoms with Crippen molar-refractivity contribution < 1.29 is 4.79 Å². The normalized spacial score (nSPS) is 11.4. The average Bonchev–Trinajstić information content (AvgIpc) is 3.44. The highest BCUT2D eigenvalue weighted by atomic mass is 32.1. The van der Waals surface area contributed by atoms with Crippen LogP contribution in [0, 0.1) is 0 Å². The van der Waals surface area contributed by atoms with Crippen LogP contribution in [-0.2, 0) is 11.2 Å². The van der Waals surface area contributed by atoms with E-state index < -0.39 is 0 Å². The maximum Gasteiger partial charge on any atom is 0.226 e. The number of para-hydroxylation sites is 3. The van der Waals surface area contributed by atoms with Crippen molar-refractivity contribution >= 4 is 54.4 Å². The molecule has 0 radical (unpaired) electrons. The van der Waals surface area contributed by atoms with Crippen LogP contribution in [0.2, 0.25) is 0 Å². The lowest BCUT2D eigenvalue weighted by Gasteiger charge is -2.07. The maximum absolute atomic E-state index is 12.6. The van der Waals surface area contributed by atoms with Crippen molar-refractivity contribution in [3.8, 4) is 11.4 Å². The number of hydrogen-bond donors (Lipinski definition) is 2. The number of aryl methyl sites for hydroxylation is 1. The number of carbonyl (C=O) groups excluding carboxylic acids is 1. The lowest BCUT2D eigenvalue weighted by atomic mass is 10.0. The Morgan fingerprint density at radius 3 is 2.56 bits per heavy atom. The number of hydrogen-bond acceptors (Lipinski definition) is 4. The molecule has 0 atom stereocenters. The number of aromatic amines is 1. The third-order valence-electron chi connectivity index (χ3n) is 6.04. The molecule has 0 unspecified atom stereocenters. The highest BCUT2D eigenvalue weighted by molar-refractivity contribution is 7.22. The zero-order valence-electron chi connectivity index (χ0n) is 18.4. The Kier molecular flexibility index (Phi) is 5.28. The topological polar surface area (TPSA) is 70.7 Å². The third-order valence-corrected chi connectivity index (χ3v) is 6.99. The Morgan fingerprint density at radius 1 is 0.853 bits per heavy atom. The van der Waals surface area contributed by atoms with Crippen LogP contribution in [0.4, 0.5) is 5.13 Å². The number of nitrogens with zero attached hydrogens (tertiary/aromatic N) is 2. The van der Waals surface area contributed by atoms with E-state index in [1.807, 2.05) is 48.5 Å². The predicted molar refractivity (Wildman–Crippen MR) is 140 cm³/mol. The van der Waals surface area contributed by atoms with Crippen molar-refractivity contribution in [2.75, 3.05) is 5.32 Å². The Morgan fingerprint density at radius 2 is 1.65 bits per heavy atom. The van der Waals surface area contributed by atoms with E-state index in [-0.39, 0.29) is 5.91 Å². The van der Waals surface area contributed by atoms with E-state index in [2.05, 4.69) is 51.7 Å². The van der Waals surface area contributed by atoms with Crippen molar-refractivity contribution in [3.63, 3.8) is 0 Å². The summed E-state index contributed by atoms with van der Waals surface area (Å²) in [4.78, 5) is 25.6. The lowest BCUT2D eigenvalue weighted by Crippen LogP contribution is -2.11. The van der Waals surface area contributed by atoms with Crippen molar-refractivity contribution in [1.82, 2.24) is 15.0 Å². The van der Waals surface area contributed by atoms with Gasteiger partial charge in [-0.1, -0.05) is 65.9 Å². The third kappa shape index (κ3) is 3.93. The van der Waals surface area contributed by atoms with Crippen molar-refractivity contribution in [1.29, 1.82) is 0 Å². The van der Waals surface area contributed by atoms with Crippen LogP contribution in [-0.4, -0.2) is 20.9 Å². The van der Waals surface area contributed by atoms with Gasteiger partial charge in [0.25, 0.3) is 0 Å². The number of pyridine rings is 1. The van der Waals surface area contributed by atoms with Crippen molar-refractivity contribution in [2.24, 2.45) is 0 Å². The fourth-order valence-corrected chi connectivity index (χ4v) is 5.30. The minimum atomic E-state index is -0.00993. The Labute approximate surface area is 200 Å². The van der Waals surface area contributed by atoms with Crippen molar-refractivity contribution in [2.45, 2.75) is 19.3 Å². The number of amides is 1. The summed E-state index contributed by atoms with van der Waals surface area (Å²) in [5.41, 5.74) is 6.11. The highest BCUT2D eigenvalue weighted by Gasteiger charge is 2.15. The molecule has 6 aromatic rings. The molecule has 6 rings (SSSR count). The van der Waals surface area contributed by atoms with E-state index in [4.69, 9.17) is 4.98 Å². The van der Waals surface area contributed by atoms with E-state index in [0.717, 1.165) is 50.9 Å². The van der Waals surface area contributed by atoms with E-state index in [1.54, 1.807) is 0 Å². The number of rotatable bonds is 6. The number of nitrogens with one attached hydrogen (secondary N) is 2. The van der Waals surface area contributed by atoms with Gasteiger partial charge in [-0.2, -0.15) is 0 Å². The molecule has 0 aliphatic heterocycles. The van der Waals surface area contributed by atoms with Gasteiger partial charge in [-0.25, -0.2) is 9.97 Å². The number of carbonyl (C=O) groups is 1. The van der Waals surface area contributed by atoms with Crippen LogP contribution in [0.3, 0.4) is 0 Å². The molecule has 166 valence electrons. The smallest absolute Gasteiger partial charge is 0.226 e. The number of fused-ring (bicyclic) bond motifs is 3. The number of anilines is 1. The summed E-state index contributed by atoms with van der Waals surface area (Å²) in [5, 5.41) is 5.92. The molecule has 0 bridgehead atoms. The first-order valence-electron chi connectivity index (χ1n) is 11.4. The summed E-state index contributed by atoms with van der Waals surface area (Å²) < 4.78 is 1.07.